The third-order valence-corrected chi connectivity index (χ3v) is 13.3. The second kappa shape index (κ2) is 14.6. The molecule has 63 heavy (non-hydrogen) atoms. The molecule has 1 aromatic heterocycles. The van der Waals surface area contributed by atoms with Gasteiger partial charge in [0, 0.05) is 33.1 Å². The zero-order valence-corrected chi connectivity index (χ0v) is 35.2. The molecule has 2 nitrogen and oxygen atoms in total. The van der Waals surface area contributed by atoms with Crippen LogP contribution in [0.5, 0.6) is 0 Å². The number of para-hydroxylation sites is 2. The highest BCUT2D eigenvalue weighted by molar-refractivity contribution is 6.06. The van der Waals surface area contributed by atoms with Gasteiger partial charge in [0.2, 0.25) is 0 Å². The van der Waals surface area contributed by atoms with E-state index in [9.17, 15) is 0 Å². The molecule has 298 valence electrons. The quantitative estimate of drug-likeness (QED) is 0.160. The Morgan fingerprint density at radius 3 is 1.73 bits per heavy atom. The summed E-state index contributed by atoms with van der Waals surface area (Å²) in [5.41, 5.74) is 20.0. The van der Waals surface area contributed by atoms with Crippen molar-refractivity contribution in [2.24, 2.45) is 0 Å². The van der Waals surface area contributed by atoms with Gasteiger partial charge in [-0.15, -0.1) is 0 Å². The zero-order chi connectivity index (χ0) is 42.1. The molecule has 1 heterocycles. The SMILES string of the molecule is CC1(C)c2ccccc2-c2cccc(-c3ccc(N(c4ccc(-c5ccc6oc7ccccc7c6c5)cc4)c4ccccc4-c4cccc(-c5cccc6ccccc56)c4)cc3)c21. The van der Waals surface area contributed by atoms with Crippen molar-refractivity contribution >= 4 is 49.8 Å². The molecule has 10 aromatic carbocycles. The number of furan rings is 1. The first kappa shape index (κ1) is 36.9. The number of benzene rings is 10. The Hall–Kier alpha value is -7.94. The third kappa shape index (κ3) is 6.09. The molecular formula is C61H43NO. The Labute approximate surface area is 368 Å². The lowest BCUT2D eigenvalue weighted by atomic mass is 9.79. The molecule has 12 rings (SSSR count). The van der Waals surface area contributed by atoms with Crippen molar-refractivity contribution in [3.05, 3.63) is 236 Å². The van der Waals surface area contributed by atoms with Gasteiger partial charge < -0.3 is 9.32 Å². The van der Waals surface area contributed by atoms with Gasteiger partial charge in [0.15, 0.2) is 0 Å². The molecule has 0 aliphatic heterocycles. The van der Waals surface area contributed by atoms with Crippen LogP contribution in [0.4, 0.5) is 17.1 Å². The van der Waals surface area contributed by atoms with Gasteiger partial charge in [0.05, 0.1) is 5.69 Å². The van der Waals surface area contributed by atoms with Crippen LogP contribution in [0.25, 0.3) is 88.3 Å². The van der Waals surface area contributed by atoms with Crippen molar-refractivity contribution in [1.82, 2.24) is 0 Å². The Morgan fingerprint density at radius 1 is 0.349 bits per heavy atom. The van der Waals surface area contributed by atoms with Crippen LogP contribution < -0.4 is 4.90 Å². The molecule has 0 saturated carbocycles. The van der Waals surface area contributed by atoms with Crippen LogP contribution in [0, 0.1) is 0 Å². The van der Waals surface area contributed by atoms with E-state index in [4.69, 9.17) is 4.42 Å². The van der Waals surface area contributed by atoms with Gasteiger partial charge in [-0.1, -0.05) is 184 Å². The summed E-state index contributed by atoms with van der Waals surface area (Å²) >= 11 is 0. The van der Waals surface area contributed by atoms with Gasteiger partial charge in [0.25, 0.3) is 0 Å². The molecule has 0 N–H and O–H groups in total. The maximum absolute atomic E-state index is 6.17. The highest BCUT2D eigenvalue weighted by Gasteiger charge is 2.37. The zero-order valence-electron chi connectivity index (χ0n) is 35.2. The van der Waals surface area contributed by atoms with Gasteiger partial charge in [-0.3, -0.25) is 0 Å². The Kier molecular flexibility index (Phi) is 8.55. The summed E-state index contributed by atoms with van der Waals surface area (Å²) in [6, 6.07) is 81.7. The van der Waals surface area contributed by atoms with Crippen LogP contribution in [-0.4, -0.2) is 0 Å². The fourth-order valence-corrected chi connectivity index (χ4v) is 10.3. The van der Waals surface area contributed by atoms with Gasteiger partial charge in [-0.2, -0.15) is 0 Å². The lowest BCUT2D eigenvalue weighted by Gasteiger charge is -2.29. The third-order valence-electron chi connectivity index (χ3n) is 13.3. The molecule has 0 spiro atoms. The molecule has 0 unspecified atom stereocenters. The van der Waals surface area contributed by atoms with Crippen molar-refractivity contribution < 1.29 is 4.42 Å². The Balaban J connectivity index is 0.980. The standard InChI is InChI=1S/C61H43NO/c1-61(2)56-25-8-5-20-52(56)54-24-13-23-51(60(54)61)42-30-35-47(36-31-42)62(46-33-28-40(29-34-46)43-32-37-59-55(39-43)53-21-7-10-27-58(53)63-59)57-26-9-6-19-50(57)45-17-11-16-44(38-45)49-22-12-15-41-14-3-4-18-48(41)49/h3-39H,1-2H3. The van der Waals surface area contributed by atoms with E-state index in [-0.39, 0.29) is 5.41 Å². The molecule has 1 aliphatic rings. The fraction of sp³-hybridized carbons (Fsp3) is 0.0492. The Bertz CT molecular complexity index is 3530. The summed E-state index contributed by atoms with van der Waals surface area (Å²) in [6.07, 6.45) is 0. The highest BCUT2D eigenvalue weighted by Crippen LogP contribution is 2.52. The highest BCUT2D eigenvalue weighted by atomic mass is 16.3. The predicted molar refractivity (Wildman–Crippen MR) is 265 cm³/mol. The van der Waals surface area contributed by atoms with Crippen LogP contribution in [0.2, 0.25) is 0 Å². The topological polar surface area (TPSA) is 16.4 Å². The van der Waals surface area contributed by atoms with E-state index in [1.807, 2.05) is 12.1 Å². The van der Waals surface area contributed by atoms with Gasteiger partial charge in [-0.05, 0) is 127 Å². The summed E-state index contributed by atoms with van der Waals surface area (Å²) in [7, 11) is 0. The smallest absolute Gasteiger partial charge is 0.135 e. The molecule has 11 aromatic rings. The van der Waals surface area contributed by atoms with E-state index in [1.54, 1.807) is 0 Å². The molecule has 0 fully saturated rings. The van der Waals surface area contributed by atoms with Crippen molar-refractivity contribution in [1.29, 1.82) is 0 Å². The summed E-state index contributed by atoms with van der Waals surface area (Å²) in [4.78, 5) is 2.41. The lowest BCUT2D eigenvalue weighted by Crippen LogP contribution is -2.16. The van der Waals surface area contributed by atoms with Crippen LogP contribution in [0.3, 0.4) is 0 Å². The predicted octanol–water partition coefficient (Wildman–Crippen LogP) is 17.2. The number of nitrogens with zero attached hydrogens (tertiary/aromatic N) is 1. The van der Waals surface area contributed by atoms with E-state index in [1.165, 1.54) is 55.3 Å². The molecule has 0 atom stereocenters. The van der Waals surface area contributed by atoms with Crippen LogP contribution in [0.15, 0.2) is 229 Å². The minimum atomic E-state index is -0.107. The molecule has 0 radical (unpaired) electrons. The second-order valence-electron chi connectivity index (χ2n) is 17.3. The van der Waals surface area contributed by atoms with Crippen molar-refractivity contribution in [3.8, 4) is 55.6 Å². The van der Waals surface area contributed by atoms with E-state index >= 15 is 0 Å². The first-order valence-electron chi connectivity index (χ1n) is 21.8. The molecule has 1 aliphatic carbocycles. The molecule has 0 amide bonds. The average molecular weight is 806 g/mol. The molecular weight excluding hydrogens is 763 g/mol. The molecule has 0 saturated heterocycles. The van der Waals surface area contributed by atoms with Crippen LogP contribution >= 0.6 is 0 Å². The Morgan fingerprint density at radius 2 is 0.905 bits per heavy atom. The van der Waals surface area contributed by atoms with Crippen molar-refractivity contribution in [2.75, 3.05) is 4.90 Å². The van der Waals surface area contributed by atoms with E-state index in [0.717, 1.165) is 61.3 Å². The first-order valence-corrected chi connectivity index (χ1v) is 21.8. The van der Waals surface area contributed by atoms with Crippen molar-refractivity contribution in [2.45, 2.75) is 19.3 Å². The second-order valence-corrected chi connectivity index (χ2v) is 17.3. The summed E-state index contributed by atoms with van der Waals surface area (Å²) in [6.45, 7) is 4.73. The number of fused-ring (bicyclic) bond motifs is 7. The van der Waals surface area contributed by atoms with Crippen LogP contribution in [-0.2, 0) is 5.41 Å². The summed E-state index contributed by atoms with van der Waals surface area (Å²) < 4.78 is 6.17. The fourth-order valence-electron chi connectivity index (χ4n) is 10.3. The summed E-state index contributed by atoms with van der Waals surface area (Å²) in [5.74, 6) is 0. The molecule has 2 heteroatoms. The van der Waals surface area contributed by atoms with E-state index in [0.29, 0.717) is 0 Å². The average Bonchev–Trinajstić information content (AvgIpc) is 3.83. The maximum Gasteiger partial charge on any atom is 0.135 e. The monoisotopic (exact) mass is 805 g/mol. The molecule has 0 bridgehead atoms. The minimum absolute atomic E-state index is 0.107. The first-order chi connectivity index (χ1) is 31.0. The van der Waals surface area contributed by atoms with Crippen LogP contribution in [0.1, 0.15) is 25.0 Å². The minimum Gasteiger partial charge on any atom is -0.456 e. The van der Waals surface area contributed by atoms with Gasteiger partial charge >= 0.3 is 0 Å². The normalized spacial score (nSPS) is 12.7. The lowest BCUT2D eigenvalue weighted by molar-refractivity contribution is 0.662. The van der Waals surface area contributed by atoms with E-state index < -0.39 is 0 Å². The van der Waals surface area contributed by atoms with E-state index in [2.05, 4.69) is 231 Å². The summed E-state index contributed by atoms with van der Waals surface area (Å²) in [5, 5.41) is 4.76. The number of hydrogen-bond acceptors (Lipinski definition) is 2. The van der Waals surface area contributed by atoms with Gasteiger partial charge in [-0.25, -0.2) is 0 Å². The van der Waals surface area contributed by atoms with Gasteiger partial charge in [0.1, 0.15) is 11.2 Å². The van der Waals surface area contributed by atoms with Crippen molar-refractivity contribution in [3.63, 3.8) is 0 Å². The number of rotatable bonds is 7. The number of anilines is 3. The maximum atomic E-state index is 6.17. The largest absolute Gasteiger partial charge is 0.456 e. The number of hydrogen-bond donors (Lipinski definition) is 0.